The molecule has 0 saturated heterocycles. The summed E-state index contributed by atoms with van der Waals surface area (Å²) in [4.78, 5) is 35.3. The average molecular weight is 293 g/mol. The van der Waals surface area contributed by atoms with Crippen molar-refractivity contribution in [3.63, 3.8) is 0 Å². The Morgan fingerprint density at radius 3 is 2.35 bits per heavy atom. The van der Waals surface area contributed by atoms with Gasteiger partial charge in [0.25, 0.3) is 5.78 Å². The van der Waals surface area contributed by atoms with Crippen molar-refractivity contribution in [3.8, 4) is 5.75 Å². The Morgan fingerprint density at radius 2 is 1.75 bits per heavy atom. The lowest BCUT2D eigenvalue weighted by Crippen LogP contribution is -2.17. The largest absolute Gasteiger partial charge is 0.501 e. The molecule has 2 rings (SSSR count). The molecule has 6 heteroatoms. The molecule has 0 fully saturated rings. The van der Waals surface area contributed by atoms with Crippen molar-refractivity contribution in [1.29, 1.82) is 0 Å². The molecule has 1 aromatic heterocycles. The smallest absolute Gasteiger partial charge is 0.272 e. The standard InChI is InChI=1S/C14H9ClO5/c1-7-6-10(16)12(18)14(20-7)13(19)11(17)8-2-4-9(15)5-3-8/h2-6,18H,1H3. The predicted molar refractivity (Wildman–Crippen MR) is 71.5 cm³/mol. The molecule has 2 aromatic rings. The zero-order valence-electron chi connectivity index (χ0n) is 10.3. The molecule has 0 amide bonds. The Hall–Kier alpha value is -2.40. The van der Waals surface area contributed by atoms with Gasteiger partial charge < -0.3 is 9.52 Å². The number of carbonyl (C=O) groups is 2. The summed E-state index contributed by atoms with van der Waals surface area (Å²) in [7, 11) is 0. The molecule has 0 aliphatic heterocycles. The molecule has 1 heterocycles. The number of carbonyl (C=O) groups excluding carboxylic acids is 2. The molecule has 0 aliphatic rings. The minimum Gasteiger partial charge on any atom is -0.501 e. The Morgan fingerprint density at radius 1 is 1.15 bits per heavy atom. The van der Waals surface area contributed by atoms with Gasteiger partial charge in [0.05, 0.1) is 0 Å². The Labute approximate surface area is 118 Å². The molecule has 0 bridgehead atoms. The average Bonchev–Trinajstić information content (AvgIpc) is 2.42. The van der Waals surface area contributed by atoms with Crippen molar-refractivity contribution in [1.82, 2.24) is 0 Å². The minimum atomic E-state index is -1.09. The van der Waals surface area contributed by atoms with Gasteiger partial charge in [-0.15, -0.1) is 0 Å². The summed E-state index contributed by atoms with van der Waals surface area (Å²) in [6.07, 6.45) is 0. The van der Waals surface area contributed by atoms with Crippen LogP contribution >= 0.6 is 11.6 Å². The SMILES string of the molecule is Cc1cc(=O)c(O)c(C(=O)C(=O)c2ccc(Cl)cc2)o1. The molecule has 0 spiro atoms. The van der Waals surface area contributed by atoms with Crippen LogP contribution in [0.1, 0.15) is 26.7 Å². The van der Waals surface area contributed by atoms with Crippen molar-refractivity contribution in [2.45, 2.75) is 6.92 Å². The van der Waals surface area contributed by atoms with Crippen LogP contribution in [0.2, 0.25) is 5.02 Å². The van der Waals surface area contributed by atoms with Crippen LogP contribution in [0.25, 0.3) is 0 Å². The number of ketones is 2. The summed E-state index contributed by atoms with van der Waals surface area (Å²) in [5.41, 5.74) is -0.691. The third kappa shape index (κ3) is 2.62. The van der Waals surface area contributed by atoms with Gasteiger partial charge in [-0.25, -0.2) is 0 Å². The van der Waals surface area contributed by atoms with Crippen LogP contribution in [-0.2, 0) is 0 Å². The number of benzene rings is 1. The number of Topliss-reactive ketones (excluding diaryl/α,β-unsaturated/α-hetero) is 2. The van der Waals surface area contributed by atoms with E-state index in [0.717, 1.165) is 6.07 Å². The van der Waals surface area contributed by atoms with Gasteiger partial charge in [-0.2, -0.15) is 0 Å². The van der Waals surface area contributed by atoms with Crippen LogP contribution in [0, 0.1) is 6.92 Å². The minimum absolute atomic E-state index is 0.0861. The van der Waals surface area contributed by atoms with E-state index in [0.29, 0.717) is 5.02 Å². The second kappa shape index (κ2) is 5.30. The van der Waals surface area contributed by atoms with Gasteiger partial charge in [0.1, 0.15) is 5.76 Å². The molecule has 20 heavy (non-hydrogen) atoms. The maximum Gasteiger partial charge on any atom is 0.272 e. The van der Waals surface area contributed by atoms with Crippen LogP contribution < -0.4 is 5.43 Å². The summed E-state index contributed by atoms with van der Waals surface area (Å²) in [6, 6.07) is 6.67. The quantitative estimate of drug-likeness (QED) is 0.693. The fourth-order valence-corrected chi connectivity index (χ4v) is 1.72. The van der Waals surface area contributed by atoms with Crippen LogP contribution in [-0.4, -0.2) is 16.7 Å². The zero-order valence-corrected chi connectivity index (χ0v) is 11.1. The van der Waals surface area contributed by atoms with Crippen LogP contribution in [0.3, 0.4) is 0 Å². The molecule has 0 saturated carbocycles. The molecular formula is C14H9ClO5. The number of aromatic hydroxyl groups is 1. The lowest BCUT2D eigenvalue weighted by Gasteiger charge is -2.03. The zero-order chi connectivity index (χ0) is 14.9. The first-order chi connectivity index (χ1) is 9.40. The summed E-state index contributed by atoms with van der Waals surface area (Å²) in [6.45, 7) is 1.43. The van der Waals surface area contributed by atoms with Gasteiger partial charge in [-0.1, -0.05) is 11.6 Å². The first-order valence-corrected chi connectivity index (χ1v) is 5.96. The second-order valence-electron chi connectivity index (χ2n) is 4.06. The van der Waals surface area contributed by atoms with Crippen molar-refractivity contribution in [2.75, 3.05) is 0 Å². The molecule has 0 atom stereocenters. The van der Waals surface area contributed by atoms with Crippen molar-refractivity contribution in [2.24, 2.45) is 0 Å². The molecule has 0 unspecified atom stereocenters. The van der Waals surface area contributed by atoms with Crippen molar-refractivity contribution >= 4 is 23.2 Å². The monoisotopic (exact) mass is 292 g/mol. The molecule has 0 aliphatic carbocycles. The Kier molecular flexibility index (Phi) is 3.72. The molecule has 0 radical (unpaired) electrons. The highest BCUT2D eigenvalue weighted by Crippen LogP contribution is 2.17. The number of aryl methyl sites for hydroxylation is 1. The van der Waals surface area contributed by atoms with Crippen LogP contribution in [0.15, 0.2) is 39.5 Å². The topological polar surface area (TPSA) is 84.6 Å². The van der Waals surface area contributed by atoms with E-state index >= 15 is 0 Å². The van der Waals surface area contributed by atoms with Crippen LogP contribution in [0.5, 0.6) is 5.75 Å². The van der Waals surface area contributed by atoms with E-state index in [2.05, 4.69) is 0 Å². The highest BCUT2D eigenvalue weighted by atomic mass is 35.5. The fraction of sp³-hybridized carbons (Fsp3) is 0.0714. The summed E-state index contributed by atoms with van der Waals surface area (Å²) in [5, 5.41) is 9.95. The highest BCUT2D eigenvalue weighted by Gasteiger charge is 2.25. The number of hydrogen-bond acceptors (Lipinski definition) is 5. The number of hydrogen-bond donors (Lipinski definition) is 1. The van der Waals surface area contributed by atoms with Gasteiger partial charge in [0.15, 0.2) is 0 Å². The van der Waals surface area contributed by atoms with Gasteiger partial charge in [-0.05, 0) is 31.2 Å². The molecular weight excluding hydrogens is 284 g/mol. The molecule has 1 N–H and O–H groups in total. The maximum atomic E-state index is 12.0. The normalized spacial score (nSPS) is 10.3. The van der Waals surface area contributed by atoms with E-state index < -0.39 is 28.5 Å². The van der Waals surface area contributed by atoms with E-state index in [-0.39, 0.29) is 11.3 Å². The van der Waals surface area contributed by atoms with E-state index in [9.17, 15) is 19.5 Å². The number of rotatable bonds is 3. The van der Waals surface area contributed by atoms with Crippen molar-refractivity contribution in [3.05, 3.63) is 62.7 Å². The fourth-order valence-electron chi connectivity index (χ4n) is 1.59. The highest BCUT2D eigenvalue weighted by molar-refractivity contribution is 6.49. The third-order valence-electron chi connectivity index (χ3n) is 2.56. The Balaban J connectivity index is 2.44. The summed E-state index contributed by atoms with van der Waals surface area (Å²) < 4.78 is 4.97. The van der Waals surface area contributed by atoms with E-state index in [1.807, 2.05) is 0 Å². The van der Waals surface area contributed by atoms with Crippen molar-refractivity contribution < 1.29 is 19.1 Å². The third-order valence-corrected chi connectivity index (χ3v) is 2.82. The maximum absolute atomic E-state index is 12.0. The first kappa shape index (κ1) is 14.0. The Bertz CT molecular complexity index is 743. The second-order valence-corrected chi connectivity index (χ2v) is 4.50. The predicted octanol–water partition coefficient (Wildman–Crippen LogP) is 2.37. The lowest BCUT2D eigenvalue weighted by molar-refractivity contribution is 0.0795. The first-order valence-electron chi connectivity index (χ1n) is 5.58. The molecule has 5 nitrogen and oxygen atoms in total. The summed E-state index contributed by atoms with van der Waals surface area (Å²) in [5.74, 6) is -3.39. The van der Waals surface area contributed by atoms with Gasteiger partial charge in [0, 0.05) is 16.7 Å². The van der Waals surface area contributed by atoms with E-state index in [4.69, 9.17) is 16.0 Å². The summed E-state index contributed by atoms with van der Waals surface area (Å²) >= 11 is 5.68. The van der Waals surface area contributed by atoms with Gasteiger partial charge in [0.2, 0.25) is 22.7 Å². The molecule has 1 aromatic carbocycles. The molecule has 102 valence electrons. The van der Waals surface area contributed by atoms with E-state index in [1.54, 1.807) is 0 Å². The van der Waals surface area contributed by atoms with Crippen LogP contribution in [0.4, 0.5) is 0 Å². The van der Waals surface area contributed by atoms with Gasteiger partial charge >= 0.3 is 0 Å². The number of halogens is 1. The lowest BCUT2D eigenvalue weighted by atomic mass is 10.1. The van der Waals surface area contributed by atoms with E-state index in [1.165, 1.54) is 31.2 Å². The van der Waals surface area contributed by atoms with Gasteiger partial charge in [-0.3, -0.25) is 14.4 Å².